The molecule has 1 N–H and O–H groups in total. The van der Waals surface area contributed by atoms with Gasteiger partial charge >= 0.3 is 0 Å². The van der Waals surface area contributed by atoms with E-state index in [9.17, 15) is 0 Å². The number of rotatable bonds is 6. The molecule has 0 spiro atoms. The lowest BCUT2D eigenvalue weighted by atomic mass is 10.0. The van der Waals surface area contributed by atoms with Gasteiger partial charge in [0.05, 0.1) is 6.61 Å². The van der Waals surface area contributed by atoms with Gasteiger partial charge in [0.2, 0.25) is 0 Å². The SMILES string of the molecule is COCC(CCl)NCC1CCOCC1. The number of nitrogens with one attached hydrogen (secondary N) is 1. The molecule has 0 aliphatic carbocycles. The van der Waals surface area contributed by atoms with Crippen LogP contribution in [0.25, 0.3) is 0 Å². The molecule has 14 heavy (non-hydrogen) atoms. The molecule has 84 valence electrons. The molecule has 1 atom stereocenters. The minimum atomic E-state index is 0.282. The van der Waals surface area contributed by atoms with Crippen LogP contribution in [0.15, 0.2) is 0 Å². The zero-order valence-electron chi connectivity index (χ0n) is 8.80. The Hall–Kier alpha value is 0.170. The van der Waals surface area contributed by atoms with Crippen molar-refractivity contribution in [3.05, 3.63) is 0 Å². The molecular formula is C10H20ClNO2. The first-order valence-electron chi connectivity index (χ1n) is 5.23. The highest BCUT2D eigenvalue weighted by Gasteiger charge is 2.15. The monoisotopic (exact) mass is 221 g/mol. The largest absolute Gasteiger partial charge is 0.383 e. The topological polar surface area (TPSA) is 30.5 Å². The molecule has 0 amide bonds. The molecular weight excluding hydrogens is 202 g/mol. The van der Waals surface area contributed by atoms with Crippen molar-refractivity contribution in [2.45, 2.75) is 18.9 Å². The Balaban J connectivity index is 2.10. The van der Waals surface area contributed by atoms with Crippen LogP contribution in [0.2, 0.25) is 0 Å². The van der Waals surface area contributed by atoms with E-state index in [-0.39, 0.29) is 6.04 Å². The molecule has 3 nitrogen and oxygen atoms in total. The maximum atomic E-state index is 5.80. The molecule has 0 bridgehead atoms. The fourth-order valence-electron chi connectivity index (χ4n) is 1.64. The molecule has 1 unspecified atom stereocenters. The molecule has 4 heteroatoms. The predicted octanol–water partition coefficient (Wildman–Crippen LogP) is 1.26. The Labute approximate surface area is 91.1 Å². The molecule has 1 saturated heterocycles. The molecule has 0 aromatic rings. The van der Waals surface area contributed by atoms with E-state index < -0.39 is 0 Å². The van der Waals surface area contributed by atoms with Crippen molar-refractivity contribution in [3.63, 3.8) is 0 Å². The van der Waals surface area contributed by atoms with Crippen molar-refractivity contribution in [1.29, 1.82) is 0 Å². The van der Waals surface area contributed by atoms with Crippen LogP contribution < -0.4 is 5.32 Å². The average molecular weight is 222 g/mol. The van der Waals surface area contributed by atoms with E-state index in [1.807, 2.05) is 0 Å². The van der Waals surface area contributed by atoms with Crippen molar-refractivity contribution < 1.29 is 9.47 Å². The van der Waals surface area contributed by atoms with Crippen molar-refractivity contribution >= 4 is 11.6 Å². The third-order valence-corrected chi connectivity index (χ3v) is 2.96. The minimum absolute atomic E-state index is 0.282. The van der Waals surface area contributed by atoms with Gasteiger partial charge in [-0.25, -0.2) is 0 Å². The maximum Gasteiger partial charge on any atom is 0.0627 e. The molecule has 0 radical (unpaired) electrons. The molecule has 1 heterocycles. The van der Waals surface area contributed by atoms with E-state index in [1.165, 1.54) is 0 Å². The van der Waals surface area contributed by atoms with Crippen molar-refractivity contribution in [2.24, 2.45) is 5.92 Å². The van der Waals surface area contributed by atoms with Gasteiger partial charge in [0.1, 0.15) is 0 Å². The predicted molar refractivity (Wildman–Crippen MR) is 57.9 cm³/mol. The van der Waals surface area contributed by atoms with Gasteiger partial charge in [0.15, 0.2) is 0 Å². The molecule has 0 saturated carbocycles. The van der Waals surface area contributed by atoms with Gasteiger partial charge < -0.3 is 14.8 Å². The lowest BCUT2D eigenvalue weighted by molar-refractivity contribution is 0.0642. The minimum Gasteiger partial charge on any atom is -0.383 e. The number of alkyl halides is 1. The smallest absolute Gasteiger partial charge is 0.0627 e. The Morgan fingerprint density at radius 1 is 1.50 bits per heavy atom. The highest BCUT2D eigenvalue weighted by molar-refractivity contribution is 6.18. The summed E-state index contributed by atoms with van der Waals surface area (Å²) < 4.78 is 10.4. The van der Waals surface area contributed by atoms with E-state index in [0.717, 1.165) is 38.5 Å². The molecule has 1 aliphatic heterocycles. The van der Waals surface area contributed by atoms with Gasteiger partial charge in [-0.2, -0.15) is 0 Å². The Morgan fingerprint density at radius 3 is 2.79 bits per heavy atom. The second-order valence-electron chi connectivity index (χ2n) is 3.77. The van der Waals surface area contributed by atoms with Crippen molar-refractivity contribution in [3.8, 4) is 0 Å². The number of methoxy groups -OCH3 is 1. The van der Waals surface area contributed by atoms with Gasteiger partial charge in [-0.15, -0.1) is 11.6 Å². The van der Waals surface area contributed by atoms with Crippen LogP contribution in [-0.2, 0) is 9.47 Å². The second-order valence-corrected chi connectivity index (χ2v) is 4.08. The van der Waals surface area contributed by atoms with Crippen LogP contribution in [0.3, 0.4) is 0 Å². The first-order chi connectivity index (χ1) is 6.86. The highest BCUT2D eigenvalue weighted by Crippen LogP contribution is 2.13. The van der Waals surface area contributed by atoms with Crippen LogP contribution in [0.5, 0.6) is 0 Å². The van der Waals surface area contributed by atoms with Gasteiger partial charge in [0, 0.05) is 32.2 Å². The van der Waals surface area contributed by atoms with E-state index in [0.29, 0.717) is 12.5 Å². The average Bonchev–Trinajstić information content (AvgIpc) is 2.25. The van der Waals surface area contributed by atoms with E-state index >= 15 is 0 Å². The molecule has 1 aliphatic rings. The van der Waals surface area contributed by atoms with Crippen LogP contribution >= 0.6 is 11.6 Å². The maximum absolute atomic E-state index is 5.80. The summed E-state index contributed by atoms with van der Waals surface area (Å²) in [7, 11) is 1.70. The van der Waals surface area contributed by atoms with Gasteiger partial charge in [0.25, 0.3) is 0 Å². The third-order valence-electron chi connectivity index (χ3n) is 2.59. The Kier molecular flexibility index (Phi) is 6.52. The van der Waals surface area contributed by atoms with E-state index in [1.54, 1.807) is 7.11 Å². The summed E-state index contributed by atoms with van der Waals surface area (Å²) in [5.41, 5.74) is 0. The zero-order chi connectivity index (χ0) is 10.2. The Morgan fingerprint density at radius 2 is 2.21 bits per heavy atom. The standard InChI is InChI=1S/C10H20ClNO2/c1-13-8-10(6-11)12-7-9-2-4-14-5-3-9/h9-10,12H,2-8H2,1H3. The fraction of sp³-hybridized carbons (Fsp3) is 1.00. The Bertz CT molecular complexity index is 135. The van der Waals surface area contributed by atoms with Gasteiger partial charge in [-0.05, 0) is 25.3 Å². The van der Waals surface area contributed by atoms with Crippen LogP contribution in [0.1, 0.15) is 12.8 Å². The summed E-state index contributed by atoms with van der Waals surface area (Å²) >= 11 is 5.80. The van der Waals surface area contributed by atoms with Crippen molar-refractivity contribution in [2.75, 3.05) is 39.4 Å². The van der Waals surface area contributed by atoms with E-state index in [2.05, 4.69) is 5.32 Å². The van der Waals surface area contributed by atoms with Crippen LogP contribution in [0.4, 0.5) is 0 Å². The first-order valence-corrected chi connectivity index (χ1v) is 5.76. The van der Waals surface area contributed by atoms with Crippen molar-refractivity contribution in [1.82, 2.24) is 5.32 Å². The number of halogens is 1. The molecule has 1 fully saturated rings. The highest BCUT2D eigenvalue weighted by atomic mass is 35.5. The summed E-state index contributed by atoms with van der Waals surface area (Å²) in [5, 5.41) is 3.43. The van der Waals surface area contributed by atoms with Crippen LogP contribution in [-0.4, -0.2) is 45.4 Å². The first kappa shape index (κ1) is 12.2. The summed E-state index contributed by atoms with van der Waals surface area (Å²) in [6, 6.07) is 0.282. The zero-order valence-corrected chi connectivity index (χ0v) is 9.55. The van der Waals surface area contributed by atoms with E-state index in [4.69, 9.17) is 21.1 Å². The normalized spacial score (nSPS) is 21.0. The lowest BCUT2D eigenvalue weighted by Crippen LogP contribution is -2.39. The number of hydrogen-bond donors (Lipinski definition) is 1. The summed E-state index contributed by atoms with van der Waals surface area (Å²) in [6.45, 7) is 3.53. The van der Waals surface area contributed by atoms with Gasteiger partial charge in [-0.3, -0.25) is 0 Å². The summed E-state index contributed by atoms with van der Waals surface area (Å²) in [5.74, 6) is 1.35. The second kappa shape index (κ2) is 7.46. The molecule has 1 rings (SSSR count). The number of hydrogen-bond acceptors (Lipinski definition) is 3. The van der Waals surface area contributed by atoms with Gasteiger partial charge in [-0.1, -0.05) is 0 Å². The summed E-state index contributed by atoms with van der Waals surface area (Å²) in [6.07, 6.45) is 2.32. The lowest BCUT2D eigenvalue weighted by Gasteiger charge is -2.24. The fourth-order valence-corrected chi connectivity index (χ4v) is 1.84. The third kappa shape index (κ3) is 4.60. The van der Waals surface area contributed by atoms with Crippen LogP contribution in [0, 0.1) is 5.92 Å². The number of ether oxygens (including phenoxy) is 2. The summed E-state index contributed by atoms with van der Waals surface area (Å²) in [4.78, 5) is 0. The quantitative estimate of drug-likeness (QED) is 0.685. The molecule has 0 aromatic heterocycles. The molecule has 0 aromatic carbocycles.